The average molecular weight is 228 g/mol. The van der Waals surface area contributed by atoms with Crippen LogP contribution < -0.4 is 5.32 Å². The van der Waals surface area contributed by atoms with Gasteiger partial charge >= 0.3 is 6.98 Å². The zero-order valence-electron chi connectivity index (χ0n) is 8.59. The van der Waals surface area contributed by atoms with Crippen LogP contribution in [0.3, 0.4) is 0 Å². The van der Waals surface area contributed by atoms with E-state index >= 15 is 0 Å². The Bertz CT molecular complexity index is 478. The molecule has 1 heterocycles. The van der Waals surface area contributed by atoms with Gasteiger partial charge in [0.15, 0.2) is 0 Å². The van der Waals surface area contributed by atoms with Gasteiger partial charge in [-0.3, -0.25) is 0 Å². The maximum absolute atomic E-state index is 12.0. The predicted molar refractivity (Wildman–Crippen MR) is 57.9 cm³/mol. The Balaban J connectivity index is 2.05. The number of aromatic amines is 1. The van der Waals surface area contributed by atoms with Crippen molar-refractivity contribution in [2.75, 3.05) is 6.44 Å². The standard InChI is InChI=1S/C10H11BF3N2/c12-11(13,14)7-15-5-8-6-16-10-4-2-1-3-9(8)10/h1-4,6,15-16H,5,7H2/q-1/p+1. The summed E-state index contributed by atoms with van der Waals surface area (Å²) in [6.07, 6.45) is 0.990. The summed E-state index contributed by atoms with van der Waals surface area (Å²) in [6.45, 7) is -4.35. The molecule has 2 rings (SSSR count). The van der Waals surface area contributed by atoms with E-state index in [-0.39, 0.29) is 0 Å². The number of H-pyrrole nitrogens is 1. The third-order valence-electron chi connectivity index (χ3n) is 2.47. The van der Waals surface area contributed by atoms with Gasteiger partial charge in [0.25, 0.3) is 0 Å². The lowest BCUT2D eigenvalue weighted by Crippen LogP contribution is -2.86. The molecule has 0 unspecified atom stereocenters. The van der Waals surface area contributed by atoms with Crippen LogP contribution in [0.5, 0.6) is 0 Å². The molecule has 0 atom stereocenters. The molecule has 0 amide bonds. The summed E-state index contributed by atoms with van der Waals surface area (Å²) in [6, 6.07) is 7.60. The number of quaternary nitrogens is 1. The average Bonchev–Trinajstić information content (AvgIpc) is 2.60. The van der Waals surface area contributed by atoms with E-state index in [0.717, 1.165) is 16.5 Å². The van der Waals surface area contributed by atoms with Gasteiger partial charge < -0.3 is 23.2 Å². The summed E-state index contributed by atoms with van der Waals surface area (Å²) in [4.78, 5) is 3.04. The Labute approximate surface area is 90.9 Å². The zero-order chi connectivity index (χ0) is 11.6. The minimum Gasteiger partial charge on any atom is -0.445 e. The molecule has 1 aromatic carbocycles. The Morgan fingerprint density at radius 3 is 2.69 bits per heavy atom. The van der Waals surface area contributed by atoms with Crippen molar-refractivity contribution in [3.05, 3.63) is 36.0 Å². The molecule has 0 fully saturated rings. The van der Waals surface area contributed by atoms with Crippen LogP contribution in [0.4, 0.5) is 12.9 Å². The number of hydrogen-bond donors (Lipinski definition) is 2. The van der Waals surface area contributed by atoms with E-state index in [1.54, 1.807) is 6.20 Å². The van der Waals surface area contributed by atoms with Crippen LogP contribution in [-0.4, -0.2) is 18.4 Å². The van der Waals surface area contributed by atoms with Gasteiger partial charge in [-0.05, 0) is 6.07 Å². The van der Waals surface area contributed by atoms with E-state index < -0.39 is 13.4 Å². The van der Waals surface area contributed by atoms with Crippen molar-refractivity contribution >= 4 is 17.9 Å². The van der Waals surface area contributed by atoms with E-state index in [9.17, 15) is 12.9 Å². The highest BCUT2D eigenvalue weighted by molar-refractivity contribution is 6.58. The fourth-order valence-corrected chi connectivity index (χ4v) is 1.73. The van der Waals surface area contributed by atoms with E-state index in [1.165, 1.54) is 5.32 Å². The summed E-state index contributed by atoms with van der Waals surface area (Å²) in [5.41, 5.74) is 1.87. The van der Waals surface area contributed by atoms with Crippen molar-refractivity contribution in [1.82, 2.24) is 4.98 Å². The fourth-order valence-electron chi connectivity index (χ4n) is 1.73. The summed E-state index contributed by atoms with van der Waals surface area (Å²) < 4.78 is 36.1. The van der Waals surface area contributed by atoms with Crippen molar-refractivity contribution in [1.29, 1.82) is 0 Å². The van der Waals surface area contributed by atoms with Crippen molar-refractivity contribution in [2.45, 2.75) is 6.54 Å². The van der Waals surface area contributed by atoms with Gasteiger partial charge in [0, 0.05) is 29.1 Å². The number of para-hydroxylation sites is 1. The van der Waals surface area contributed by atoms with Crippen molar-refractivity contribution < 1.29 is 18.3 Å². The number of nitrogens with two attached hydrogens (primary N) is 1. The zero-order valence-corrected chi connectivity index (χ0v) is 8.59. The number of benzene rings is 1. The quantitative estimate of drug-likeness (QED) is 0.745. The SMILES string of the molecule is F[B-](F)(F)C[NH2+]Cc1c[nH]c2ccccc12. The minimum atomic E-state index is -4.70. The summed E-state index contributed by atoms with van der Waals surface area (Å²) in [7, 11) is 0. The molecule has 0 aliphatic rings. The Morgan fingerprint density at radius 2 is 1.94 bits per heavy atom. The number of halogens is 3. The van der Waals surface area contributed by atoms with Gasteiger partial charge in [-0.2, -0.15) is 0 Å². The van der Waals surface area contributed by atoms with E-state index in [4.69, 9.17) is 0 Å². The molecule has 1 aromatic heterocycles. The summed E-state index contributed by atoms with van der Waals surface area (Å²) in [5, 5.41) is 2.28. The second-order valence-electron chi connectivity index (χ2n) is 3.80. The molecule has 0 spiro atoms. The maximum atomic E-state index is 12.0. The summed E-state index contributed by atoms with van der Waals surface area (Å²) in [5.74, 6) is 0. The van der Waals surface area contributed by atoms with Gasteiger partial charge in [-0.15, -0.1) is 0 Å². The first kappa shape index (κ1) is 11.1. The normalized spacial score (nSPS) is 12.2. The molecule has 0 radical (unpaired) electrons. The number of hydrogen-bond acceptors (Lipinski definition) is 0. The van der Waals surface area contributed by atoms with Crippen LogP contribution in [0.15, 0.2) is 30.5 Å². The topological polar surface area (TPSA) is 32.4 Å². The Morgan fingerprint density at radius 1 is 1.19 bits per heavy atom. The Kier molecular flexibility index (Phi) is 2.91. The number of rotatable bonds is 4. The number of fused-ring (bicyclic) bond motifs is 1. The van der Waals surface area contributed by atoms with Crippen molar-refractivity contribution in [2.24, 2.45) is 0 Å². The molecular weight excluding hydrogens is 216 g/mol. The molecule has 0 saturated heterocycles. The van der Waals surface area contributed by atoms with Crippen LogP contribution in [0.2, 0.25) is 0 Å². The number of aromatic nitrogens is 1. The van der Waals surface area contributed by atoms with Crippen LogP contribution in [-0.2, 0) is 6.54 Å². The van der Waals surface area contributed by atoms with Gasteiger partial charge in [0.05, 0.1) is 0 Å². The van der Waals surface area contributed by atoms with E-state index in [1.807, 2.05) is 24.3 Å². The van der Waals surface area contributed by atoms with Crippen LogP contribution in [0.25, 0.3) is 10.9 Å². The summed E-state index contributed by atoms with van der Waals surface area (Å²) >= 11 is 0. The monoisotopic (exact) mass is 228 g/mol. The van der Waals surface area contributed by atoms with Crippen LogP contribution >= 0.6 is 0 Å². The van der Waals surface area contributed by atoms with Crippen LogP contribution in [0.1, 0.15) is 5.56 Å². The molecular formula is C10H12BF3N2. The molecule has 0 aliphatic carbocycles. The molecule has 3 N–H and O–H groups in total. The lowest BCUT2D eigenvalue weighted by atomic mass is 9.92. The smallest absolute Gasteiger partial charge is 0.445 e. The number of nitrogens with one attached hydrogen (secondary N) is 1. The molecule has 86 valence electrons. The molecule has 0 bridgehead atoms. The van der Waals surface area contributed by atoms with E-state index in [0.29, 0.717) is 6.54 Å². The maximum Gasteiger partial charge on any atom is 0.531 e. The molecule has 2 nitrogen and oxygen atoms in total. The second kappa shape index (κ2) is 4.21. The molecule has 2 aromatic rings. The predicted octanol–water partition coefficient (Wildman–Crippen LogP) is 1.62. The third-order valence-corrected chi connectivity index (χ3v) is 2.47. The largest absolute Gasteiger partial charge is 0.531 e. The first-order chi connectivity index (χ1) is 7.56. The van der Waals surface area contributed by atoms with Gasteiger partial charge in [-0.1, -0.05) is 18.2 Å². The first-order valence-corrected chi connectivity index (χ1v) is 5.14. The highest BCUT2D eigenvalue weighted by Gasteiger charge is 2.25. The lowest BCUT2D eigenvalue weighted by molar-refractivity contribution is -0.659. The van der Waals surface area contributed by atoms with Gasteiger partial charge in [0.2, 0.25) is 0 Å². The van der Waals surface area contributed by atoms with Gasteiger partial charge in [-0.25, -0.2) is 0 Å². The molecule has 6 heteroatoms. The minimum absolute atomic E-state index is 0.352. The molecule has 0 saturated carbocycles. The lowest BCUT2D eigenvalue weighted by Gasteiger charge is -2.11. The highest BCUT2D eigenvalue weighted by Crippen LogP contribution is 2.16. The van der Waals surface area contributed by atoms with Gasteiger partial charge in [0.1, 0.15) is 6.54 Å². The van der Waals surface area contributed by atoms with E-state index in [2.05, 4.69) is 4.98 Å². The van der Waals surface area contributed by atoms with Crippen LogP contribution in [0, 0.1) is 0 Å². The second-order valence-corrected chi connectivity index (χ2v) is 3.80. The molecule has 0 aliphatic heterocycles. The first-order valence-electron chi connectivity index (χ1n) is 5.14. The molecule has 16 heavy (non-hydrogen) atoms. The van der Waals surface area contributed by atoms with Crippen molar-refractivity contribution in [3.63, 3.8) is 0 Å². The van der Waals surface area contributed by atoms with Crippen molar-refractivity contribution in [3.8, 4) is 0 Å². The third kappa shape index (κ3) is 2.58. The highest BCUT2D eigenvalue weighted by atomic mass is 19.4. The Hall–Kier alpha value is -1.43. The fraction of sp³-hybridized carbons (Fsp3) is 0.200.